The molecule has 0 spiro atoms. The quantitative estimate of drug-likeness (QED) is 0.849. The zero-order chi connectivity index (χ0) is 16.3. The second-order valence-electron chi connectivity index (χ2n) is 6.49. The molecule has 0 bridgehead atoms. The third-order valence-electron chi connectivity index (χ3n) is 4.63. The fraction of sp³-hybridized carbons (Fsp3) is 0.556. The molecule has 0 aliphatic heterocycles. The number of nitrogens with one attached hydrogen (secondary N) is 1. The molecule has 1 aliphatic rings. The van der Waals surface area contributed by atoms with Crippen molar-refractivity contribution in [3.8, 4) is 0 Å². The topological polar surface area (TPSA) is 55.4 Å². The van der Waals surface area contributed by atoms with Gasteiger partial charge in [-0.15, -0.1) is 0 Å². The van der Waals surface area contributed by atoms with Crippen molar-refractivity contribution in [1.29, 1.82) is 0 Å². The highest BCUT2D eigenvalue weighted by Gasteiger charge is 2.26. The molecule has 120 valence electrons. The average Bonchev–Trinajstić information content (AvgIpc) is 2.88. The predicted octanol–water partition coefficient (Wildman–Crippen LogP) is 3.26. The summed E-state index contributed by atoms with van der Waals surface area (Å²) in [6, 6.07) is 5.61. The first-order chi connectivity index (χ1) is 10.4. The van der Waals surface area contributed by atoms with Gasteiger partial charge in [0.25, 0.3) is 0 Å². The van der Waals surface area contributed by atoms with Crippen molar-refractivity contribution in [2.75, 3.05) is 7.11 Å². The van der Waals surface area contributed by atoms with Gasteiger partial charge in [-0.1, -0.05) is 26.8 Å². The molecule has 0 fully saturated rings. The summed E-state index contributed by atoms with van der Waals surface area (Å²) in [6.45, 7) is 6.36. The third-order valence-corrected chi connectivity index (χ3v) is 4.63. The Hall–Kier alpha value is -1.84. The van der Waals surface area contributed by atoms with Crippen LogP contribution in [0.15, 0.2) is 18.2 Å². The Labute approximate surface area is 132 Å². The lowest BCUT2D eigenvalue weighted by molar-refractivity contribution is -0.123. The highest BCUT2D eigenvalue weighted by molar-refractivity contribution is 5.89. The summed E-state index contributed by atoms with van der Waals surface area (Å²) in [5.41, 5.74) is 2.79. The normalized spacial score (nSPS) is 18.0. The summed E-state index contributed by atoms with van der Waals surface area (Å²) in [5.74, 6) is 0.602. The molecular formula is C18H25NO3. The summed E-state index contributed by atoms with van der Waals surface area (Å²) >= 11 is 0. The number of amides is 1. The van der Waals surface area contributed by atoms with E-state index in [1.54, 1.807) is 6.07 Å². The van der Waals surface area contributed by atoms with Crippen molar-refractivity contribution in [3.63, 3.8) is 0 Å². The lowest BCUT2D eigenvalue weighted by Gasteiger charge is -2.18. The number of hydrogen-bond donors (Lipinski definition) is 1. The molecule has 4 nitrogen and oxygen atoms in total. The average molecular weight is 303 g/mol. The molecule has 1 aromatic rings. The second kappa shape index (κ2) is 6.95. The van der Waals surface area contributed by atoms with Crippen LogP contribution in [-0.2, 0) is 16.0 Å². The van der Waals surface area contributed by atoms with Crippen LogP contribution in [0.25, 0.3) is 0 Å². The molecule has 2 unspecified atom stereocenters. The minimum atomic E-state index is -0.340. The summed E-state index contributed by atoms with van der Waals surface area (Å²) in [6.07, 6.45) is 2.36. The van der Waals surface area contributed by atoms with Crippen LogP contribution in [0.1, 0.15) is 61.1 Å². The molecule has 1 aromatic carbocycles. The Morgan fingerprint density at radius 1 is 1.32 bits per heavy atom. The van der Waals surface area contributed by atoms with Crippen molar-refractivity contribution < 1.29 is 14.3 Å². The highest BCUT2D eigenvalue weighted by Crippen LogP contribution is 2.32. The van der Waals surface area contributed by atoms with Gasteiger partial charge in [0.1, 0.15) is 0 Å². The van der Waals surface area contributed by atoms with Crippen molar-refractivity contribution in [1.82, 2.24) is 5.32 Å². The monoisotopic (exact) mass is 303 g/mol. The summed E-state index contributed by atoms with van der Waals surface area (Å²) in [7, 11) is 1.38. The van der Waals surface area contributed by atoms with Crippen LogP contribution in [-0.4, -0.2) is 19.0 Å². The maximum atomic E-state index is 12.2. The standard InChI is InChI=1S/C18H25NO3/c1-11(2)12(3)9-17(20)19-16-8-7-13-5-6-14(10-15(13)16)18(21)22-4/h5-6,10-12,16H,7-9H2,1-4H3,(H,19,20). The van der Waals surface area contributed by atoms with E-state index >= 15 is 0 Å². The Morgan fingerprint density at radius 3 is 2.68 bits per heavy atom. The lowest BCUT2D eigenvalue weighted by Crippen LogP contribution is -2.29. The van der Waals surface area contributed by atoms with Crippen molar-refractivity contribution in [2.45, 2.75) is 46.1 Å². The first-order valence-corrected chi connectivity index (χ1v) is 7.92. The molecule has 4 heteroatoms. The van der Waals surface area contributed by atoms with Gasteiger partial charge in [-0.3, -0.25) is 4.79 Å². The van der Waals surface area contributed by atoms with Crippen LogP contribution in [0, 0.1) is 11.8 Å². The van der Waals surface area contributed by atoms with Gasteiger partial charge in [0.15, 0.2) is 0 Å². The Balaban J connectivity index is 2.07. The Morgan fingerprint density at radius 2 is 2.05 bits per heavy atom. The maximum Gasteiger partial charge on any atom is 0.337 e. The first-order valence-electron chi connectivity index (χ1n) is 7.92. The van der Waals surface area contributed by atoms with Crippen LogP contribution < -0.4 is 5.32 Å². The molecule has 0 radical (unpaired) electrons. The number of methoxy groups -OCH3 is 1. The van der Waals surface area contributed by atoms with Crippen LogP contribution in [0.4, 0.5) is 0 Å². The molecule has 22 heavy (non-hydrogen) atoms. The van der Waals surface area contributed by atoms with E-state index in [0.29, 0.717) is 23.8 Å². The molecule has 1 aliphatic carbocycles. The molecule has 0 aromatic heterocycles. The number of ether oxygens (including phenoxy) is 1. The zero-order valence-electron chi connectivity index (χ0n) is 13.8. The number of carbonyl (C=O) groups excluding carboxylic acids is 2. The highest BCUT2D eigenvalue weighted by atomic mass is 16.5. The van der Waals surface area contributed by atoms with Gasteiger partial charge in [0, 0.05) is 6.42 Å². The SMILES string of the molecule is COC(=O)c1ccc2c(c1)C(NC(=O)CC(C)C(C)C)CC2. The van der Waals surface area contributed by atoms with Gasteiger partial charge in [0.05, 0.1) is 18.7 Å². The number of carbonyl (C=O) groups is 2. The Kier molecular flexibility index (Phi) is 5.22. The van der Waals surface area contributed by atoms with Gasteiger partial charge < -0.3 is 10.1 Å². The van der Waals surface area contributed by atoms with Gasteiger partial charge in [-0.05, 0) is 47.9 Å². The van der Waals surface area contributed by atoms with Crippen LogP contribution >= 0.6 is 0 Å². The number of fused-ring (bicyclic) bond motifs is 1. The second-order valence-corrected chi connectivity index (χ2v) is 6.49. The van der Waals surface area contributed by atoms with E-state index in [1.165, 1.54) is 12.7 Å². The fourth-order valence-electron chi connectivity index (χ4n) is 2.78. The fourth-order valence-corrected chi connectivity index (χ4v) is 2.78. The first kappa shape index (κ1) is 16.5. The predicted molar refractivity (Wildman–Crippen MR) is 85.6 cm³/mol. The molecule has 2 atom stereocenters. The van der Waals surface area contributed by atoms with Crippen LogP contribution in [0.2, 0.25) is 0 Å². The summed E-state index contributed by atoms with van der Waals surface area (Å²) in [4.78, 5) is 23.8. The Bertz CT molecular complexity index is 565. The van der Waals surface area contributed by atoms with Gasteiger partial charge >= 0.3 is 5.97 Å². The number of hydrogen-bond acceptors (Lipinski definition) is 3. The van der Waals surface area contributed by atoms with Gasteiger partial charge in [-0.2, -0.15) is 0 Å². The van der Waals surface area contributed by atoms with E-state index in [4.69, 9.17) is 4.74 Å². The number of rotatable bonds is 5. The summed E-state index contributed by atoms with van der Waals surface area (Å²) in [5, 5.41) is 3.11. The largest absolute Gasteiger partial charge is 0.465 e. The van der Waals surface area contributed by atoms with Crippen molar-refractivity contribution >= 4 is 11.9 Å². The minimum Gasteiger partial charge on any atom is -0.465 e. The molecular weight excluding hydrogens is 278 g/mol. The van der Waals surface area contributed by atoms with Crippen LogP contribution in [0.3, 0.4) is 0 Å². The molecule has 1 amide bonds. The van der Waals surface area contributed by atoms with Gasteiger partial charge in [0.2, 0.25) is 5.91 Å². The summed E-state index contributed by atoms with van der Waals surface area (Å²) < 4.78 is 4.77. The van der Waals surface area contributed by atoms with E-state index in [1.807, 2.05) is 12.1 Å². The lowest BCUT2D eigenvalue weighted by atomic mass is 9.94. The zero-order valence-corrected chi connectivity index (χ0v) is 13.8. The van der Waals surface area contributed by atoms with E-state index in [2.05, 4.69) is 26.1 Å². The number of esters is 1. The number of aryl methyl sites for hydroxylation is 1. The minimum absolute atomic E-state index is 0.00599. The van der Waals surface area contributed by atoms with Crippen molar-refractivity contribution in [3.05, 3.63) is 34.9 Å². The van der Waals surface area contributed by atoms with Crippen LogP contribution in [0.5, 0.6) is 0 Å². The maximum absolute atomic E-state index is 12.2. The van der Waals surface area contributed by atoms with E-state index in [9.17, 15) is 9.59 Å². The molecule has 0 heterocycles. The van der Waals surface area contributed by atoms with Crippen molar-refractivity contribution in [2.24, 2.45) is 11.8 Å². The molecule has 1 N–H and O–H groups in total. The van der Waals surface area contributed by atoms with E-state index in [0.717, 1.165) is 18.4 Å². The molecule has 0 saturated carbocycles. The number of benzene rings is 1. The van der Waals surface area contributed by atoms with Gasteiger partial charge in [-0.25, -0.2) is 4.79 Å². The third kappa shape index (κ3) is 3.67. The smallest absolute Gasteiger partial charge is 0.337 e. The molecule has 2 rings (SSSR count). The molecule has 0 saturated heterocycles. The van der Waals surface area contributed by atoms with E-state index < -0.39 is 0 Å². The van der Waals surface area contributed by atoms with E-state index in [-0.39, 0.29) is 17.9 Å².